The van der Waals surface area contributed by atoms with Crippen molar-refractivity contribution in [2.75, 3.05) is 6.61 Å². The van der Waals surface area contributed by atoms with Crippen LogP contribution in [0.3, 0.4) is 0 Å². The van der Waals surface area contributed by atoms with E-state index in [1.165, 1.54) is 6.92 Å². The van der Waals surface area contributed by atoms with Crippen molar-refractivity contribution in [1.82, 2.24) is 10.9 Å². The molecule has 0 aliphatic rings. The smallest absolute Gasteiger partial charge is 0.344 e. The van der Waals surface area contributed by atoms with Crippen LogP contribution >= 0.6 is 0 Å². The van der Waals surface area contributed by atoms with Gasteiger partial charge in [-0.05, 0) is 43.3 Å². The molecule has 0 radical (unpaired) electrons. The van der Waals surface area contributed by atoms with Gasteiger partial charge in [-0.25, -0.2) is 4.79 Å². The summed E-state index contributed by atoms with van der Waals surface area (Å²) in [6.45, 7) is 0.962. The molecule has 0 aliphatic heterocycles. The van der Waals surface area contributed by atoms with E-state index in [1.54, 1.807) is 54.6 Å². The molecule has 0 unspecified atom stereocenters. The molecule has 0 saturated carbocycles. The highest BCUT2D eigenvalue weighted by molar-refractivity contribution is 5.95. The zero-order valence-electron chi connectivity index (χ0n) is 14.5. The highest BCUT2D eigenvalue weighted by Gasteiger charge is 2.19. The van der Waals surface area contributed by atoms with E-state index in [0.29, 0.717) is 16.9 Å². The number of rotatable bonds is 6. The lowest BCUT2D eigenvalue weighted by molar-refractivity contribution is -0.156. The Balaban J connectivity index is 1.73. The van der Waals surface area contributed by atoms with Crippen molar-refractivity contribution in [3.05, 3.63) is 65.7 Å². The zero-order valence-corrected chi connectivity index (χ0v) is 14.5. The van der Waals surface area contributed by atoms with E-state index in [1.807, 2.05) is 6.07 Å². The van der Waals surface area contributed by atoms with Gasteiger partial charge in [-0.2, -0.15) is 5.26 Å². The molecule has 0 heterocycles. The number of nitrogens with one attached hydrogen (secondary N) is 2. The molecular weight excluding hydrogens is 350 g/mol. The van der Waals surface area contributed by atoms with Gasteiger partial charge in [0.25, 0.3) is 11.8 Å². The minimum absolute atomic E-state index is 0.373. The fourth-order valence-corrected chi connectivity index (χ4v) is 1.93. The highest BCUT2D eigenvalue weighted by atomic mass is 16.6. The molecule has 27 heavy (non-hydrogen) atoms. The summed E-state index contributed by atoms with van der Waals surface area (Å²) in [6, 6.07) is 16.5. The molecule has 8 heteroatoms. The van der Waals surface area contributed by atoms with Crippen LogP contribution in [0.5, 0.6) is 5.75 Å². The van der Waals surface area contributed by atoms with Gasteiger partial charge in [0.15, 0.2) is 12.7 Å². The van der Waals surface area contributed by atoms with Crippen LogP contribution in [0.4, 0.5) is 0 Å². The van der Waals surface area contributed by atoms with Crippen molar-refractivity contribution in [1.29, 1.82) is 5.26 Å². The van der Waals surface area contributed by atoms with Gasteiger partial charge >= 0.3 is 5.97 Å². The summed E-state index contributed by atoms with van der Waals surface area (Å²) < 4.78 is 10.2. The van der Waals surface area contributed by atoms with Gasteiger partial charge in [0.1, 0.15) is 5.75 Å². The Bertz CT molecular complexity index is 844. The van der Waals surface area contributed by atoms with Crippen molar-refractivity contribution in [2.24, 2.45) is 0 Å². The number of hydrazine groups is 1. The second-order valence-corrected chi connectivity index (χ2v) is 5.37. The van der Waals surface area contributed by atoms with Crippen LogP contribution in [-0.4, -0.2) is 30.5 Å². The first-order chi connectivity index (χ1) is 13.0. The summed E-state index contributed by atoms with van der Waals surface area (Å²) in [5, 5.41) is 8.71. The molecule has 0 bridgehead atoms. The molecule has 0 fully saturated rings. The average molecular weight is 367 g/mol. The summed E-state index contributed by atoms with van der Waals surface area (Å²) in [7, 11) is 0. The topological polar surface area (TPSA) is 118 Å². The van der Waals surface area contributed by atoms with Crippen LogP contribution in [0.2, 0.25) is 0 Å². The van der Waals surface area contributed by atoms with Crippen molar-refractivity contribution >= 4 is 17.8 Å². The van der Waals surface area contributed by atoms with Gasteiger partial charge in [0.2, 0.25) is 0 Å². The number of nitrogens with zero attached hydrogens (tertiary/aromatic N) is 1. The number of carbonyl (C=O) groups excluding carboxylic acids is 3. The Morgan fingerprint density at radius 3 is 2.33 bits per heavy atom. The molecular formula is C19H17N3O5. The lowest BCUT2D eigenvalue weighted by Crippen LogP contribution is -2.47. The second-order valence-electron chi connectivity index (χ2n) is 5.37. The normalized spacial score (nSPS) is 10.8. The molecule has 2 aromatic rings. The summed E-state index contributed by atoms with van der Waals surface area (Å²) >= 11 is 0. The maximum absolute atomic E-state index is 11.9. The molecule has 138 valence electrons. The molecule has 2 N–H and O–H groups in total. The number of nitriles is 1. The van der Waals surface area contributed by atoms with Crippen LogP contribution < -0.4 is 15.6 Å². The highest BCUT2D eigenvalue weighted by Crippen LogP contribution is 2.11. The Morgan fingerprint density at radius 2 is 1.70 bits per heavy atom. The summed E-state index contributed by atoms with van der Waals surface area (Å²) in [4.78, 5) is 35.5. The predicted octanol–water partition coefficient (Wildman–Crippen LogP) is 1.33. The van der Waals surface area contributed by atoms with Crippen LogP contribution in [0.1, 0.15) is 22.8 Å². The maximum Gasteiger partial charge on any atom is 0.344 e. The SMILES string of the molecule is C[C@H](OC(=O)COc1ccc(C#N)cc1)C(=O)NNC(=O)c1ccccc1. The first kappa shape index (κ1) is 19.5. The fraction of sp³-hybridized carbons (Fsp3) is 0.158. The Kier molecular flexibility index (Phi) is 6.91. The van der Waals surface area contributed by atoms with E-state index in [0.717, 1.165) is 0 Å². The van der Waals surface area contributed by atoms with Gasteiger partial charge in [-0.1, -0.05) is 18.2 Å². The van der Waals surface area contributed by atoms with Gasteiger partial charge < -0.3 is 9.47 Å². The summed E-state index contributed by atoms with van der Waals surface area (Å²) in [6.07, 6.45) is -1.13. The maximum atomic E-state index is 11.9. The Hall–Kier alpha value is -3.86. The summed E-state index contributed by atoms with van der Waals surface area (Å²) in [5.41, 5.74) is 5.26. The van der Waals surface area contributed by atoms with Gasteiger partial charge in [0.05, 0.1) is 11.6 Å². The number of hydrogen-bond donors (Lipinski definition) is 2. The molecule has 0 spiro atoms. The Labute approximate surface area is 155 Å². The zero-order chi connectivity index (χ0) is 19.6. The number of carbonyl (C=O) groups is 3. The number of esters is 1. The molecule has 2 rings (SSSR count). The van der Waals surface area contributed by atoms with E-state index in [2.05, 4.69) is 10.9 Å². The van der Waals surface area contributed by atoms with E-state index >= 15 is 0 Å². The monoisotopic (exact) mass is 367 g/mol. The molecule has 0 saturated heterocycles. The van der Waals surface area contributed by atoms with Crippen LogP contribution in [0.25, 0.3) is 0 Å². The first-order valence-electron chi connectivity index (χ1n) is 7.97. The molecule has 8 nitrogen and oxygen atoms in total. The van der Waals surface area contributed by atoms with Crippen molar-refractivity contribution < 1.29 is 23.9 Å². The van der Waals surface area contributed by atoms with Crippen LogP contribution in [-0.2, 0) is 14.3 Å². The van der Waals surface area contributed by atoms with Crippen LogP contribution in [0, 0.1) is 11.3 Å². The fourth-order valence-electron chi connectivity index (χ4n) is 1.93. The number of benzene rings is 2. The van der Waals surface area contributed by atoms with Gasteiger partial charge in [0, 0.05) is 5.56 Å². The van der Waals surface area contributed by atoms with E-state index < -0.39 is 30.5 Å². The largest absolute Gasteiger partial charge is 0.482 e. The predicted molar refractivity (Wildman–Crippen MR) is 94.3 cm³/mol. The lowest BCUT2D eigenvalue weighted by Gasteiger charge is -2.14. The molecule has 2 aromatic carbocycles. The Morgan fingerprint density at radius 1 is 1.04 bits per heavy atom. The van der Waals surface area contributed by atoms with E-state index in [9.17, 15) is 14.4 Å². The van der Waals surface area contributed by atoms with E-state index in [-0.39, 0.29) is 0 Å². The molecule has 0 aromatic heterocycles. The van der Waals surface area contributed by atoms with Crippen molar-refractivity contribution in [3.8, 4) is 11.8 Å². The third-order valence-corrected chi connectivity index (χ3v) is 3.35. The second kappa shape index (κ2) is 9.58. The van der Waals surface area contributed by atoms with E-state index in [4.69, 9.17) is 14.7 Å². The lowest BCUT2D eigenvalue weighted by atomic mass is 10.2. The summed E-state index contributed by atoms with van der Waals surface area (Å²) in [5.74, 6) is -1.55. The average Bonchev–Trinajstić information content (AvgIpc) is 2.71. The number of amides is 2. The van der Waals surface area contributed by atoms with Crippen molar-refractivity contribution in [3.63, 3.8) is 0 Å². The van der Waals surface area contributed by atoms with Crippen LogP contribution in [0.15, 0.2) is 54.6 Å². The molecule has 2 amide bonds. The number of hydrogen-bond acceptors (Lipinski definition) is 6. The first-order valence-corrected chi connectivity index (χ1v) is 7.97. The standard InChI is InChI=1S/C19H17N3O5/c1-13(18(24)21-22-19(25)15-5-3-2-4-6-15)27-17(23)12-26-16-9-7-14(11-20)8-10-16/h2-10,13H,12H2,1H3,(H,21,24)(H,22,25)/t13-/m0/s1. The molecule has 1 atom stereocenters. The van der Waals surface area contributed by atoms with Crippen molar-refractivity contribution in [2.45, 2.75) is 13.0 Å². The van der Waals surface area contributed by atoms with Gasteiger partial charge in [-0.3, -0.25) is 20.4 Å². The third kappa shape index (κ3) is 6.17. The quantitative estimate of drug-likeness (QED) is 0.587. The van der Waals surface area contributed by atoms with Gasteiger partial charge in [-0.15, -0.1) is 0 Å². The number of ether oxygens (including phenoxy) is 2. The molecule has 0 aliphatic carbocycles. The third-order valence-electron chi connectivity index (χ3n) is 3.35. The minimum Gasteiger partial charge on any atom is -0.482 e. The minimum atomic E-state index is -1.13.